The Balaban J connectivity index is 1.34. The predicted molar refractivity (Wildman–Crippen MR) is 149 cm³/mol. The quantitative estimate of drug-likeness (QED) is 0.219. The summed E-state index contributed by atoms with van der Waals surface area (Å²) >= 11 is 8.49. The number of thioether (sulfide) groups is 1. The van der Waals surface area contributed by atoms with Crippen LogP contribution in [0.25, 0.3) is 16.6 Å². The Labute approximate surface area is 221 Å². The van der Waals surface area contributed by atoms with Gasteiger partial charge in [0.15, 0.2) is 3.95 Å². The molecule has 2 aromatic carbocycles. The lowest BCUT2D eigenvalue weighted by atomic mass is 10.1. The first-order valence-electron chi connectivity index (χ1n) is 11.9. The number of hydrogen-bond acceptors (Lipinski definition) is 6. The smallest absolute Gasteiger partial charge is 0.265 e. The Hall–Kier alpha value is -2.95. The van der Waals surface area contributed by atoms with Crippen molar-refractivity contribution in [3.63, 3.8) is 0 Å². The maximum Gasteiger partial charge on any atom is 0.265 e. The van der Waals surface area contributed by atoms with Crippen LogP contribution < -0.4 is 16.2 Å². The highest BCUT2D eigenvalue weighted by atomic mass is 32.2. The van der Waals surface area contributed by atoms with Crippen molar-refractivity contribution in [3.05, 3.63) is 78.8 Å². The number of fused-ring (bicyclic) bond motifs is 3. The number of H-pyrrole nitrogens is 1. The van der Waals surface area contributed by atoms with E-state index in [1.165, 1.54) is 16.9 Å². The van der Waals surface area contributed by atoms with Gasteiger partial charge in [-0.05, 0) is 48.8 Å². The Bertz CT molecular complexity index is 1540. The Morgan fingerprint density at radius 2 is 1.89 bits per heavy atom. The molecule has 0 bridgehead atoms. The molecule has 1 fully saturated rings. The van der Waals surface area contributed by atoms with Crippen LogP contribution in [0.4, 0.5) is 0 Å². The molecule has 186 valence electrons. The molecule has 0 unspecified atom stereocenters. The first-order chi connectivity index (χ1) is 17.5. The summed E-state index contributed by atoms with van der Waals surface area (Å²) in [4.78, 5) is 41.8. The molecule has 5 rings (SSSR count). The van der Waals surface area contributed by atoms with Crippen LogP contribution in [0.2, 0.25) is 0 Å². The molecule has 1 aliphatic carbocycles. The summed E-state index contributed by atoms with van der Waals surface area (Å²) in [6.45, 7) is 0.530. The van der Waals surface area contributed by atoms with Gasteiger partial charge in [0.25, 0.3) is 17.4 Å². The fraction of sp³-hybridized carbons (Fsp3) is 0.308. The number of nitrogens with zero attached hydrogens (tertiary/aromatic N) is 1. The molecular weight excluding hydrogens is 513 g/mol. The topological polar surface area (TPSA) is 95.5 Å². The predicted octanol–water partition coefficient (Wildman–Crippen LogP) is 4.91. The lowest BCUT2D eigenvalue weighted by Gasteiger charge is -2.11. The van der Waals surface area contributed by atoms with Crippen LogP contribution in [0.3, 0.4) is 0 Å². The van der Waals surface area contributed by atoms with E-state index in [0.29, 0.717) is 37.5 Å². The largest absolute Gasteiger partial charge is 0.351 e. The average Bonchev–Trinajstić information content (AvgIpc) is 3.51. The molecule has 10 heteroatoms. The van der Waals surface area contributed by atoms with Gasteiger partial charge in [-0.25, -0.2) is 0 Å². The number of rotatable bonds is 8. The molecule has 2 aromatic heterocycles. The van der Waals surface area contributed by atoms with Crippen molar-refractivity contribution >= 4 is 63.7 Å². The van der Waals surface area contributed by atoms with Crippen molar-refractivity contribution in [2.24, 2.45) is 0 Å². The molecule has 36 heavy (non-hydrogen) atoms. The van der Waals surface area contributed by atoms with E-state index in [-0.39, 0.29) is 23.4 Å². The average molecular weight is 539 g/mol. The van der Waals surface area contributed by atoms with Gasteiger partial charge in [-0.1, -0.05) is 54.5 Å². The van der Waals surface area contributed by atoms with E-state index in [0.717, 1.165) is 37.2 Å². The van der Waals surface area contributed by atoms with E-state index >= 15 is 0 Å². The second-order valence-electron chi connectivity index (χ2n) is 8.82. The van der Waals surface area contributed by atoms with Crippen LogP contribution in [0.15, 0.2) is 53.3 Å². The van der Waals surface area contributed by atoms with Crippen molar-refractivity contribution in [3.8, 4) is 0 Å². The minimum atomic E-state index is -0.322. The Kier molecular flexibility index (Phi) is 7.54. The number of nitrogens with one attached hydrogen (secondary N) is 3. The van der Waals surface area contributed by atoms with E-state index < -0.39 is 0 Å². The van der Waals surface area contributed by atoms with Crippen LogP contribution in [0, 0.1) is 3.95 Å². The van der Waals surface area contributed by atoms with Gasteiger partial charge in [0.2, 0.25) is 0 Å². The van der Waals surface area contributed by atoms with Crippen LogP contribution in [0.1, 0.15) is 51.3 Å². The number of carbonyl (C=O) groups excluding carboxylic acids is 2. The summed E-state index contributed by atoms with van der Waals surface area (Å²) in [5, 5.41) is 6.43. The number of amides is 2. The van der Waals surface area contributed by atoms with E-state index in [2.05, 4.69) is 27.8 Å². The molecule has 2 heterocycles. The molecule has 2 amide bonds. The van der Waals surface area contributed by atoms with Gasteiger partial charge in [-0.3, -0.25) is 18.8 Å². The number of hydrogen-bond donors (Lipinski definition) is 3. The van der Waals surface area contributed by atoms with Gasteiger partial charge in [0, 0.05) is 29.7 Å². The lowest BCUT2D eigenvalue weighted by Crippen LogP contribution is -2.32. The minimum absolute atomic E-state index is 0.154. The summed E-state index contributed by atoms with van der Waals surface area (Å²) in [7, 11) is 0. The summed E-state index contributed by atoms with van der Waals surface area (Å²) in [5.74, 6) is 1.23. The molecular formula is C26H26N4O3S3. The van der Waals surface area contributed by atoms with Crippen molar-refractivity contribution in [1.29, 1.82) is 0 Å². The van der Waals surface area contributed by atoms with E-state index in [4.69, 9.17) is 12.2 Å². The maximum atomic E-state index is 13.0. The summed E-state index contributed by atoms with van der Waals surface area (Å²) in [6.07, 6.45) is 4.14. The first kappa shape index (κ1) is 24.7. The van der Waals surface area contributed by atoms with Crippen LogP contribution in [0.5, 0.6) is 0 Å². The van der Waals surface area contributed by atoms with Gasteiger partial charge < -0.3 is 15.6 Å². The molecule has 0 atom stereocenters. The monoisotopic (exact) mass is 538 g/mol. The number of thiazole rings is 1. The third-order valence-electron chi connectivity index (χ3n) is 6.33. The fourth-order valence-corrected chi connectivity index (χ4v) is 6.61. The van der Waals surface area contributed by atoms with Crippen molar-refractivity contribution < 1.29 is 9.59 Å². The van der Waals surface area contributed by atoms with Crippen molar-refractivity contribution in [2.45, 2.75) is 37.5 Å². The molecule has 0 aliphatic heterocycles. The fourth-order valence-electron chi connectivity index (χ4n) is 4.51. The molecule has 1 aliphatic rings. The van der Waals surface area contributed by atoms with Crippen molar-refractivity contribution in [1.82, 2.24) is 20.0 Å². The second-order valence-corrected chi connectivity index (χ2v) is 11.6. The number of carbonyl (C=O) groups is 2. The van der Waals surface area contributed by atoms with Crippen LogP contribution in [-0.2, 0) is 5.75 Å². The number of aromatic amines is 1. The molecule has 7 nitrogen and oxygen atoms in total. The number of benzene rings is 2. The summed E-state index contributed by atoms with van der Waals surface area (Å²) in [5.41, 5.74) is 2.25. The number of aromatic nitrogens is 2. The standard InChI is InChI=1S/C26H26N4O3S3/c31-23(27-12-13-35-15-16-6-2-1-3-7-16)17-10-11-19-20(14-17)30-22(29-24(19)32)21(36-26(30)34)25(33)28-18-8-4-5-9-18/h1-3,6-7,10-11,14,18H,4-5,8-9,12-13,15H2,(H,27,31)(H,28,33)(H,29,32). The van der Waals surface area contributed by atoms with E-state index in [1.54, 1.807) is 34.4 Å². The SMILES string of the molecule is O=C(NCCSCc1ccccc1)c1ccc2c(=O)[nH]c3c(C(=O)NC4CCCC4)sc(=S)n3c2c1. The highest BCUT2D eigenvalue weighted by Crippen LogP contribution is 2.25. The Morgan fingerprint density at radius 1 is 1.11 bits per heavy atom. The third kappa shape index (κ3) is 5.25. The van der Waals surface area contributed by atoms with Crippen molar-refractivity contribution in [2.75, 3.05) is 12.3 Å². The minimum Gasteiger partial charge on any atom is -0.351 e. The van der Waals surface area contributed by atoms with Gasteiger partial charge in [-0.2, -0.15) is 11.8 Å². The highest BCUT2D eigenvalue weighted by Gasteiger charge is 2.23. The van der Waals surface area contributed by atoms with Gasteiger partial charge in [0.05, 0.1) is 10.9 Å². The second kappa shape index (κ2) is 11.0. The first-order valence-corrected chi connectivity index (χ1v) is 14.3. The Morgan fingerprint density at radius 3 is 2.67 bits per heavy atom. The normalized spacial score (nSPS) is 13.9. The zero-order chi connectivity index (χ0) is 25.1. The van der Waals surface area contributed by atoms with Crippen LogP contribution >= 0.6 is 35.3 Å². The molecule has 0 spiro atoms. The zero-order valence-electron chi connectivity index (χ0n) is 19.5. The molecule has 4 aromatic rings. The van der Waals surface area contributed by atoms with Crippen LogP contribution in [-0.4, -0.2) is 39.5 Å². The van der Waals surface area contributed by atoms with E-state index in [9.17, 15) is 14.4 Å². The van der Waals surface area contributed by atoms with Gasteiger partial charge in [-0.15, -0.1) is 0 Å². The summed E-state index contributed by atoms with van der Waals surface area (Å²) < 4.78 is 2.13. The third-order valence-corrected chi connectivity index (χ3v) is 8.73. The zero-order valence-corrected chi connectivity index (χ0v) is 22.0. The molecule has 0 radical (unpaired) electrons. The highest BCUT2D eigenvalue weighted by molar-refractivity contribution is 7.98. The lowest BCUT2D eigenvalue weighted by molar-refractivity contribution is 0.0939. The molecule has 1 saturated carbocycles. The summed E-state index contributed by atoms with van der Waals surface area (Å²) in [6, 6.07) is 15.3. The van der Waals surface area contributed by atoms with Gasteiger partial charge in [0.1, 0.15) is 10.5 Å². The molecule has 0 saturated heterocycles. The van der Waals surface area contributed by atoms with E-state index in [1.807, 2.05) is 18.2 Å². The van der Waals surface area contributed by atoms with Gasteiger partial charge >= 0.3 is 0 Å². The maximum absolute atomic E-state index is 13.0. The molecule has 3 N–H and O–H groups in total.